The largest absolute Gasteiger partial charge is 0.389 e. The van der Waals surface area contributed by atoms with Crippen LogP contribution in [-0.2, 0) is 18.3 Å². The number of aromatic nitrogens is 2. The van der Waals surface area contributed by atoms with Crippen molar-refractivity contribution in [2.24, 2.45) is 7.05 Å². The van der Waals surface area contributed by atoms with Crippen LogP contribution in [0.4, 0.5) is 0 Å². The number of rotatable bonds is 4. The predicted molar refractivity (Wildman–Crippen MR) is 60.7 cm³/mol. The zero-order chi connectivity index (χ0) is 11.6. The highest BCUT2D eigenvalue weighted by Crippen LogP contribution is 2.25. The lowest BCUT2D eigenvalue weighted by Crippen LogP contribution is -2.28. The van der Waals surface area contributed by atoms with Gasteiger partial charge in [-0.05, 0) is 29.8 Å². The number of carbonyl (C=O) groups excluding carboxylic acids is 1. The summed E-state index contributed by atoms with van der Waals surface area (Å²) in [6.07, 6.45) is 1.27. The van der Waals surface area contributed by atoms with E-state index >= 15 is 0 Å². The summed E-state index contributed by atoms with van der Waals surface area (Å²) >= 11 is 3.42. The Morgan fingerprint density at radius 1 is 1.67 bits per heavy atom. The van der Waals surface area contributed by atoms with Crippen molar-refractivity contribution in [3.63, 3.8) is 0 Å². The number of hydrogen-bond donors (Lipinski definition) is 1. The number of aliphatic hydroxyl groups is 1. The number of aryl methyl sites for hydroxylation is 2. The molecule has 84 valence electrons. The molecule has 0 saturated heterocycles. The second-order valence-electron chi connectivity index (χ2n) is 4.01. The Morgan fingerprint density at radius 3 is 2.67 bits per heavy atom. The van der Waals surface area contributed by atoms with Gasteiger partial charge in [0.25, 0.3) is 0 Å². The molecule has 1 aromatic rings. The van der Waals surface area contributed by atoms with Crippen LogP contribution in [0.15, 0.2) is 4.47 Å². The van der Waals surface area contributed by atoms with E-state index in [4.69, 9.17) is 0 Å². The summed E-state index contributed by atoms with van der Waals surface area (Å²) in [6.45, 7) is 3.54. The summed E-state index contributed by atoms with van der Waals surface area (Å²) in [5, 5.41) is 14.2. The average molecular weight is 275 g/mol. The fraction of sp³-hybridized carbons (Fsp3) is 0.600. The number of hydrogen-bond acceptors (Lipinski definition) is 3. The summed E-state index contributed by atoms with van der Waals surface area (Å²) in [4.78, 5) is 10.4. The lowest BCUT2D eigenvalue weighted by molar-refractivity contribution is -0.111. The Hall–Kier alpha value is -0.680. The molecular formula is C10H15BrN2O2. The van der Waals surface area contributed by atoms with Gasteiger partial charge in [-0.3, -0.25) is 4.68 Å². The summed E-state index contributed by atoms with van der Waals surface area (Å²) < 4.78 is 2.62. The van der Waals surface area contributed by atoms with Gasteiger partial charge in [-0.25, -0.2) is 0 Å². The standard InChI is InChI=1S/C10H15BrN2O2/c1-7-9(11)8(13(3)12-7)6-10(2,15)4-5-14/h5,15H,4,6H2,1-3H3. The third-order valence-corrected chi connectivity index (χ3v) is 3.36. The predicted octanol–water partition coefficient (Wildman–Crippen LogP) is 1.37. The average Bonchev–Trinajstić information content (AvgIpc) is 2.32. The molecule has 0 aliphatic heterocycles. The van der Waals surface area contributed by atoms with E-state index in [1.54, 1.807) is 11.6 Å². The molecule has 1 aromatic heterocycles. The SMILES string of the molecule is Cc1nn(C)c(CC(C)(O)CC=O)c1Br. The molecule has 1 unspecified atom stereocenters. The first-order valence-electron chi connectivity index (χ1n) is 4.71. The first kappa shape index (κ1) is 12.4. The van der Waals surface area contributed by atoms with Crippen LogP contribution in [0, 0.1) is 6.92 Å². The van der Waals surface area contributed by atoms with E-state index in [0.29, 0.717) is 6.42 Å². The fourth-order valence-electron chi connectivity index (χ4n) is 1.48. The molecule has 5 heteroatoms. The third kappa shape index (κ3) is 2.89. The van der Waals surface area contributed by atoms with Gasteiger partial charge in [-0.2, -0.15) is 5.10 Å². The molecule has 1 rings (SSSR count). The minimum atomic E-state index is -1.01. The lowest BCUT2D eigenvalue weighted by Gasteiger charge is -2.20. The molecule has 0 aromatic carbocycles. The van der Waals surface area contributed by atoms with E-state index in [2.05, 4.69) is 21.0 Å². The molecule has 1 atom stereocenters. The van der Waals surface area contributed by atoms with Gasteiger partial charge in [0.1, 0.15) is 6.29 Å². The van der Waals surface area contributed by atoms with Crippen LogP contribution >= 0.6 is 15.9 Å². The highest BCUT2D eigenvalue weighted by atomic mass is 79.9. The van der Waals surface area contributed by atoms with Gasteiger partial charge in [0.05, 0.1) is 21.5 Å². The Labute approximate surface area is 97.4 Å². The number of halogens is 1. The Balaban J connectivity index is 2.93. The Bertz CT molecular complexity index is 372. The van der Waals surface area contributed by atoms with Crippen LogP contribution in [0.25, 0.3) is 0 Å². The Kier molecular flexibility index (Phi) is 3.67. The molecule has 0 aliphatic rings. The highest BCUT2D eigenvalue weighted by molar-refractivity contribution is 9.10. The number of aldehydes is 1. The van der Waals surface area contributed by atoms with Crippen molar-refractivity contribution < 1.29 is 9.90 Å². The zero-order valence-electron chi connectivity index (χ0n) is 9.12. The first-order valence-corrected chi connectivity index (χ1v) is 5.50. The number of carbonyl (C=O) groups is 1. The van der Waals surface area contributed by atoms with Crippen LogP contribution in [0.3, 0.4) is 0 Å². The van der Waals surface area contributed by atoms with Crippen molar-refractivity contribution in [2.45, 2.75) is 32.3 Å². The van der Waals surface area contributed by atoms with Crippen molar-refractivity contribution >= 4 is 22.2 Å². The van der Waals surface area contributed by atoms with Gasteiger partial charge in [0, 0.05) is 19.9 Å². The van der Waals surface area contributed by atoms with Gasteiger partial charge in [0.2, 0.25) is 0 Å². The van der Waals surface area contributed by atoms with Crippen molar-refractivity contribution in [1.82, 2.24) is 9.78 Å². The van der Waals surface area contributed by atoms with Crippen molar-refractivity contribution in [2.75, 3.05) is 0 Å². The monoisotopic (exact) mass is 274 g/mol. The smallest absolute Gasteiger partial charge is 0.122 e. The van der Waals surface area contributed by atoms with E-state index in [1.165, 1.54) is 0 Å². The maximum atomic E-state index is 10.4. The van der Waals surface area contributed by atoms with Crippen molar-refractivity contribution in [3.05, 3.63) is 15.9 Å². The fourth-order valence-corrected chi connectivity index (χ4v) is 1.96. The molecule has 1 N–H and O–H groups in total. The molecule has 0 radical (unpaired) electrons. The van der Waals surface area contributed by atoms with Gasteiger partial charge in [-0.15, -0.1) is 0 Å². The first-order chi connectivity index (χ1) is 6.87. The molecule has 4 nitrogen and oxygen atoms in total. The molecule has 0 bridgehead atoms. The summed E-state index contributed by atoms with van der Waals surface area (Å²) in [7, 11) is 1.82. The second kappa shape index (κ2) is 4.45. The molecule has 1 heterocycles. The summed E-state index contributed by atoms with van der Waals surface area (Å²) in [5.41, 5.74) is 0.776. The molecule has 0 saturated carbocycles. The lowest BCUT2D eigenvalue weighted by atomic mass is 9.97. The van der Waals surface area contributed by atoms with Crippen LogP contribution < -0.4 is 0 Å². The quantitative estimate of drug-likeness (QED) is 0.844. The molecular weight excluding hydrogens is 260 g/mol. The van der Waals surface area contributed by atoms with Gasteiger partial charge in [0.15, 0.2) is 0 Å². The topological polar surface area (TPSA) is 55.1 Å². The van der Waals surface area contributed by atoms with Crippen LogP contribution in [0.5, 0.6) is 0 Å². The van der Waals surface area contributed by atoms with Crippen LogP contribution in [0.1, 0.15) is 24.7 Å². The molecule has 0 spiro atoms. The normalized spacial score (nSPS) is 15.0. The highest BCUT2D eigenvalue weighted by Gasteiger charge is 2.24. The van der Waals surface area contributed by atoms with Gasteiger partial charge in [-0.1, -0.05) is 0 Å². The van der Waals surface area contributed by atoms with Crippen LogP contribution in [-0.4, -0.2) is 26.8 Å². The molecule has 0 amide bonds. The summed E-state index contributed by atoms with van der Waals surface area (Å²) in [5.74, 6) is 0. The molecule has 0 fully saturated rings. The van der Waals surface area contributed by atoms with E-state index in [1.807, 2.05) is 14.0 Å². The third-order valence-electron chi connectivity index (χ3n) is 2.33. The van der Waals surface area contributed by atoms with Gasteiger partial charge < -0.3 is 9.90 Å². The van der Waals surface area contributed by atoms with E-state index < -0.39 is 5.60 Å². The Morgan fingerprint density at radius 2 is 2.27 bits per heavy atom. The molecule has 15 heavy (non-hydrogen) atoms. The minimum Gasteiger partial charge on any atom is -0.389 e. The van der Waals surface area contributed by atoms with Gasteiger partial charge >= 0.3 is 0 Å². The van der Waals surface area contributed by atoms with Crippen molar-refractivity contribution in [3.8, 4) is 0 Å². The van der Waals surface area contributed by atoms with E-state index in [-0.39, 0.29) is 6.42 Å². The maximum Gasteiger partial charge on any atom is 0.122 e. The minimum absolute atomic E-state index is 0.129. The van der Waals surface area contributed by atoms with E-state index in [9.17, 15) is 9.90 Å². The van der Waals surface area contributed by atoms with Crippen molar-refractivity contribution in [1.29, 1.82) is 0 Å². The van der Waals surface area contributed by atoms with E-state index in [0.717, 1.165) is 22.1 Å². The maximum absolute atomic E-state index is 10.4. The summed E-state index contributed by atoms with van der Waals surface area (Å²) in [6, 6.07) is 0. The second-order valence-corrected chi connectivity index (χ2v) is 4.81. The number of nitrogens with zero attached hydrogens (tertiary/aromatic N) is 2. The van der Waals surface area contributed by atoms with Crippen LogP contribution in [0.2, 0.25) is 0 Å². The molecule has 0 aliphatic carbocycles. The zero-order valence-corrected chi connectivity index (χ0v) is 10.7.